The van der Waals surface area contributed by atoms with Gasteiger partial charge in [0.2, 0.25) is 5.91 Å². The minimum Gasteiger partial charge on any atom is -0.325 e. The van der Waals surface area contributed by atoms with Crippen molar-refractivity contribution in [1.82, 2.24) is 4.47 Å². The van der Waals surface area contributed by atoms with Crippen molar-refractivity contribution < 1.29 is 36.0 Å². The molecule has 168 valence electrons. The average molecular weight is 480 g/mol. The molecule has 2 N–H and O–H groups in total. The van der Waals surface area contributed by atoms with E-state index in [9.17, 15) is 31.2 Å². The third-order valence-corrected chi connectivity index (χ3v) is 6.13. The number of carbonyl (C=O) groups excluding carboxylic acids is 2. The zero-order valence-corrected chi connectivity index (χ0v) is 17.9. The summed E-state index contributed by atoms with van der Waals surface area (Å²) in [6, 6.07) is 5.67. The molecule has 0 atom stereocenters. The van der Waals surface area contributed by atoms with Crippen LogP contribution >= 0.6 is 11.6 Å². The van der Waals surface area contributed by atoms with Crippen molar-refractivity contribution in [1.29, 1.82) is 0 Å². The average Bonchev–Trinajstić information content (AvgIpc) is 2.67. The second kappa shape index (κ2) is 9.22. The van der Waals surface area contributed by atoms with Gasteiger partial charge in [-0.1, -0.05) is 16.1 Å². The van der Waals surface area contributed by atoms with E-state index in [0.29, 0.717) is 10.5 Å². The first kappa shape index (κ1) is 24.6. The lowest BCUT2D eigenvalue weighted by Crippen LogP contribution is -2.26. The van der Waals surface area contributed by atoms with Gasteiger partial charge in [-0.15, -0.1) is 0 Å². The van der Waals surface area contributed by atoms with Gasteiger partial charge in [-0.05, 0) is 36.4 Å². The van der Waals surface area contributed by atoms with E-state index in [-0.39, 0.29) is 22.0 Å². The van der Waals surface area contributed by atoms with Gasteiger partial charge < -0.3 is 10.6 Å². The van der Waals surface area contributed by atoms with Gasteiger partial charge in [0.05, 0.1) is 29.1 Å². The fraction of sp³-hybridized carbons (Fsp3) is 0.222. The quantitative estimate of drug-likeness (QED) is 0.614. The molecule has 31 heavy (non-hydrogen) atoms. The van der Waals surface area contributed by atoms with E-state index in [2.05, 4.69) is 15.5 Å². The van der Waals surface area contributed by atoms with Crippen LogP contribution in [0.4, 0.5) is 24.5 Å². The van der Waals surface area contributed by atoms with Gasteiger partial charge in [-0.25, -0.2) is 8.42 Å². The van der Waals surface area contributed by atoms with Gasteiger partial charge in [0.15, 0.2) is 0 Å². The molecule has 0 bridgehead atoms. The second-order valence-electron chi connectivity index (χ2n) is 6.14. The van der Waals surface area contributed by atoms with Crippen molar-refractivity contribution in [3.63, 3.8) is 0 Å². The highest BCUT2D eigenvalue weighted by Gasteiger charge is 2.31. The first-order valence-electron chi connectivity index (χ1n) is 8.40. The summed E-state index contributed by atoms with van der Waals surface area (Å²) < 4.78 is 64.6. The molecule has 2 aromatic rings. The molecule has 0 fully saturated rings. The molecule has 0 saturated heterocycles. The molecule has 2 aromatic carbocycles. The maximum atomic E-state index is 13.1. The number of rotatable bonds is 6. The van der Waals surface area contributed by atoms with Crippen LogP contribution in [0.5, 0.6) is 0 Å². The minimum atomic E-state index is -4.69. The Morgan fingerprint density at radius 3 is 2.26 bits per heavy atom. The van der Waals surface area contributed by atoms with Gasteiger partial charge >= 0.3 is 6.18 Å². The Bertz CT molecular complexity index is 1120. The number of nitrogens with one attached hydrogen (secondary N) is 2. The fourth-order valence-corrected chi connectivity index (χ4v) is 3.87. The molecule has 0 unspecified atom stereocenters. The van der Waals surface area contributed by atoms with Gasteiger partial charge in [0.25, 0.3) is 15.9 Å². The number of halogens is 4. The first-order chi connectivity index (χ1) is 14.3. The van der Waals surface area contributed by atoms with E-state index in [4.69, 9.17) is 11.6 Å². The molecular formula is C18H17ClF3N3O5S. The van der Waals surface area contributed by atoms with E-state index < -0.39 is 38.5 Å². The molecule has 0 aliphatic rings. The number of sulfonamides is 1. The Hall–Kier alpha value is -2.67. The number of benzene rings is 2. The number of nitrogens with zero attached hydrogens (tertiary/aromatic N) is 1. The molecule has 2 amide bonds. The lowest BCUT2D eigenvalue weighted by atomic mass is 10.1. The lowest BCUT2D eigenvalue weighted by molar-refractivity contribution is -0.137. The van der Waals surface area contributed by atoms with Crippen LogP contribution in [0.15, 0.2) is 41.3 Å². The maximum absolute atomic E-state index is 13.1. The molecule has 0 radical (unpaired) electrons. The Balaban J connectivity index is 2.48. The maximum Gasteiger partial charge on any atom is 0.416 e. The Morgan fingerprint density at radius 2 is 1.71 bits per heavy atom. The standard InChI is InChI=1S/C18H17ClF3N3O5S/c1-10(26)23-14-7-5-12(18(20,21)22)9-15(14)24-17(27)11-4-6-13(19)16(8-11)31(28,29)25(2)30-3/h4-9H,1-3H3,(H,23,26)(H,24,27). The van der Waals surface area contributed by atoms with Crippen molar-refractivity contribution in [3.05, 3.63) is 52.5 Å². The van der Waals surface area contributed by atoms with E-state index >= 15 is 0 Å². The summed E-state index contributed by atoms with van der Waals surface area (Å²) in [5, 5.41) is 4.37. The van der Waals surface area contributed by atoms with Gasteiger partial charge in [0, 0.05) is 19.5 Å². The fourth-order valence-electron chi connectivity index (χ4n) is 2.40. The number of hydroxylamine groups is 1. The van der Waals surface area contributed by atoms with Crippen molar-refractivity contribution in [3.8, 4) is 0 Å². The number of carbonyl (C=O) groups is 2. The van der Waals surface area contributed by atoms with Crippen LogP contribution < -0.4 is 10.6 Å². The van der Waals surface area contributed by atoms with Crippen LogP contribution in [0, 0.1) is 0 Å². The van der Waals surface area contributed by atoms with Gasteiger partial charge in [-0.3, -0.25) is 14.4 Å². The number of amides is 2. The first-order valence-corrected chi connectivity index (χ1v) is 10.2. The molecule has 0 saturated carbocycles. The minimum absolute atomic E-state index is 0.0743. The Kier molecular flexibility index (Phi) is 7.32. The number of anilines is 2. The highest BCUT2D eigenvalue weighted by molar-refractivity contribution is 7.89. The van der Waals surface area contributed by atoms with Crippen LogP contribution in [0.2, 0.25) is 5.02 Å². The zero-order valence-electron chi connectivity index (χ0n) is 16.4. The van der Waals surface area contributed by atoms with Gasteiger partial charge in [0.1, 0.15) is 4.90 Å². The molecule has 0 aliphatic heterocycles. The predicted octanol–water partition coefficient (Wildman–Crippen LogP) is 3.75. The summed E-state index contributed by atoms with van der Waals surface area (Å²) in [6.07, 6.45) is -4.69. The van der Waals surface area contributed by atoms with Crippen LogP contribution in [-0.4, -0.2) is 38.9 Å². The highest BCUT2D eigenvalue weighted by atomic mass is 35.5. The predicted molar refractivity (Wildman–Crippen MR) is 107 cm³/mol. The molecule has 13 heteroatoms. The third-order valence-electron chi connectivity index (χ3n) is 3.97. The summed E-state index contributed by atoms with van der Waals surface area (Å²) in [4.78, 5) is 28.2. The molecule has 8 nitrogen and oxygen atoms in total. The van der Waals surface area contributed by atoms with E-state index in [1.165, 1.54) is 6.07 Å². The summed E-state index contributed by atoms with van der Waals surface area (Å²) in [7, 11) is -1.98. The summed E-state index contributed by atoms with van der Waals surface area (Å²) in [6.45, 7) is 1.14. The molecule has 0 aromatic heterocycles. The monoisotopic (exact) mass is 479 g/mol. The Morgan fingerprint density at radius 1 is 1.06 bits per heavy atom. The van der Waals surface area contributed by atoms with Crippen molar-refractivity contribution in [2.45, 2.75) is 18.0 Å². The van der Waals surface area contributed by atoms with Crippen LogP contribution in [-0.2, 0) is 25.8 Å². The topological polar surface area (TPSA) is 105 Å². The number of hydrogen-bond donors (Lipinski definition) is 2. The van der Waals surface area contributed by atoms with Crippen molar-refractivity contribution >= 4 is 44.8 Å². The highest BCUT2D eigenvalue weighted by Crippen LogP contribution is 2.34. The molecular weight excluding hydrogens is 463 g/mol. The van der Waals surface area contributed by atoms with Crippen LogP contribution in [0.25, 0.3) is 0 Å². The summed E-state index contributed by atoms with van der Waals surface area (Å²) in [5.74, 6) is -1.50. The largest absolute Gasteiger partial charge is 0.416 e. The Labute approximate surface area is 180 Å². The molecule has 0 aliphatic carbocycles. The number of hydrogen-bond acceptors (Lipinski definition) is 5. The van der Waals surface area contributed by atoms with Crippen molar-refractivity contribution in [2.75, 3.05) is 24.8 Å². The summed E-state index contributed by atoms with van der Waals surface area (Å²) in [5.41, 5.74) is -1.67. The summed E-state index contributed by atoms with van der Waals surface area (Å²) >= 11 is 5.93. The third kappa shape index (κ3) is 5.73. The normalized spacial score (nSPS) is 12.0. The SMILES string of the molecule is CON(C)S(=O)(=O)c1cc(C(=O)Nc2cc(C(F)(F)F)ccc2NC(C)=O)ccc1Cl. The zero-order chi connectivity index (χ0) is 23.6. The smallest absolute Gasteiger partial charge is 0.325 e. The van der Waals surface area contributed by atoms with Gasteiger partial charge in [-0.2, -0.15) is 13.2 Å². The lowest BCUT2D eigenvalue weighted by Gasteiger charge is -2.17. The van der Waals surface area contributed by atoms with E-state index in [0.717, 1.165) is 45.3 Å². The van der Waals surface area contributed by atoms with E-state index in [1.807, 2.05) is 0 Å². The van der Waals surface area contributed by atoms with Crippen LogP contribution in [0.1, 0.15) is 22.8 Å². The molecule has 0 heterocycles. The second-order valence-corrected chi connectivity index (χ2v) is 8.45. The molecule has 0 spiro atoms. The van der Waals surface area contributed by atoms with Crippen LogP contribution in [0.3, 0.4) is 0 Å². The number of alkyl halides is 3. The van der Waals surface area contributed by atoms with E-state index in [1.54, 1.807) is 0 Å². The van der Waals surface area contributed by atoms with Crippen molar-refractivity contribution in [2.24, 2.45) is 0 Å². The molecule has 2 rings (SSSR count).